The molecule has 0 saturated heterocycles. The lowest BCUT2D eigenvalue weighted by Crippen LogP contribution is -2.14. The maximum atomic E-state index is 12.1. The highest BCUT2D eigenvalue weighted by Gasteiger charge is 2.19. The van der Waals surface area contributed by atoms with Gasteiger partial charge in [0.2, 0.25) is 0 Å². The first-order valence-corrected chi connectivity index (χ1v) is 8.15. The maximum Gasteiger partial charge on any atom is 0.279 e. The number of imidazole rings is 1. The monoisotopic (exact) mass is 408 g/mol. The smallest absolute Gasteiger partial charge is 0.279 e. The Morgan fingerprint density at radius 3 is 2.37 bits per heavy atom. The van der Waals surface area contributed by atoms with E-state index in [1.807, 2.05) is 0 Å². The van der Waals surface area contributed by atoms with E-state index in [9.17, 15) is 8.42 Å². The minimum Gasteiger partial charge on any atom is -0.399 e. The molecule has 0 bridgehead atoms. The van der Waals surface area contributed by atoms with E-state index in [4.69, 9.17) is 5.73 Å². The van der Waals surface area contributed by atoms with Gasteiger partial charge in [-0.3, -0.25) is 4.72 Å². The molecule has 0 fully saturated rings. The molecule has 19 heavy (non-hydrogen) atoms. The Morgan fingerprint density at radius 1 is 1.32 bits per heavy atom. The molecular weight excluding hydrogens is 400 g/mol. The molecule has 0 radical (unpaired) electrons. The predicted octanol–water partition coefficient (Wildman–Crippen LogP) is 2.63. The highest BCUT2D eigenvalue weighted by molar-refractivity contribution is 9.11. The van der Waals surface area contributed by atoms with E-state index in [1.54, 1.807) is 19.1 Å². The van der Waals surface area contributed by atoms with Crippen LogP contribution in [-0.2, 0) is 10.0 Å². The summed E-state index contributed by atoms with van der Waals surface area (Å²) in [5.41, 5.74) is 6.54. The minimum atomic E-state index is -3.72. The molecule has 0 aliphatic carbocycles. The van der Waals surface area contributed by atoms with Crippen molar-refractivity contribution in [3.05, 3.63) is 33.1 Å². The summed E-state index contributed by atoms with van der Waals surface area (Å²) in [4.78, 5) is 6.54. The average Bonchev–Trinajstić information content (AvgIpc) is 2.71. The Morgan fingerprint density at radius 2 is 1.89 bits per heavy atom. The van der Waals surface area contributed by atoms with E-state index in [-0.39, 0.29) is 5.03 Å². The van der Waals surface area contributed by atoms with Crippen LogP contribution in [0.3, 0.4) is 0 Å². The number of sulfonamides is 1. The zero-order valence-electron chi connectivity index (χ0n) is 9.74. The molecule has 0 saturated carbocycles. The van der Waals surface area contributed by atoms with Gasteiger partial charge in [-0.15, -0.1) is 0 Å². The molecule has 2 rings (SSSR count). The Kier molecular flexibility index (Phi) is 3.88. The number of nitrogens with two attached hydrogens (primary N) is 1. The number of nitrogens with zero attached hydrogens (tertiary/aromatic N) is 1. The van der Waals surface area contributed by atoms with Crippen molar-refractivity contribution in [3.63, 3.8) is 0 Å². The first kappa shape index (κ1) is 14.4. The fourth-order valence-electron chi connectivity index (χ4n) is 1.41. The van der Waals surface area contributed by atoms with Crippen molar-refractivity contribution in [1.29, 1.82) is 0 Å². The summed E-state index contributed by atoms with van der Waals surface area (Å²) in [6.07, 6.45) is 1.26. The fourth-order valence-corrected chi connectivity index (χ4v) is 4.17. The van der Waals surface area contributed by atoms with Gasteiger partial charge in [-0.2, -0.15) is 8.42 Å². The molecule has 0 unspecified atom stereocenters. The van der Waals surface area contributed by atoms with E-state index < -0.39 is 10.0 Å². The quantitative estimate of drug-likeness (QED) is 0.678. The number of aryl methyl sites for hydroxylation is 1. The van der Waals surface area contributed by atoms with Crippen LogP contribution in [0.1, 0.15) is 5.82 Å². The van der Waals surface area contributed by atoms with Gasteiger partial charge >= 0.3 is 0 Å². The average molecular weight is 410 g/mol. The zero-order valence-corrected chi connectivity index (χ0v) is 13.7. The molecule has 0 amide bonds. The topological polar surface area (TPSA) is 101 Å². The molecule has 0 spiro atoms. The van der Waals surface area contributed by atoms with Crippen LogP contribution in [0.15, 0.2) is 32.3 Å². The van der Waals surface area contributed by atoms with E-state index in [0.29, 0.717) is 26.1 Å². The molecule has 2 aromatic rings. The molecule has 0 aliphatic heterocycles. The second-order valence-corrected chi connectivity index (χ2v) is 7.16. The number of aromatic amines is 1. The van der Waals surface area contributed by atoms with Gasteiger partial charge in [0.05, 0.1) is 11.9 Å². The van der Waals surface area contributed by atoms with Crippen molar-refractivity contribution >= 4 is 53.3 Å². The lowest BCUT2D eigenvalue weighted by atomic mass is 10.3. The number of aromatic nitrogens is 2. The summed E-state index contributed by atoms with van der Waals surface area (Å²) in [5.74, 6) is 0.524. The number of rotatable bonds is 3. The van der Waals surface area contributed by atoms with Gasteiger partial charge in [-0.05, 0) is 50.9 Å². The normalized spacial score (nSPS) is 11.5. The lowest BCUT2D eigenvalue weighted by molar-refractivity contribution is 0.598. The van der Waals surface area contributed by atoms with Gasteiger partial charge in [-0.1, -0.05) is 0 Å². The molecule has 6 nitrogen and oxygen atoms in total. The van der Waals surface area contributed by atoms with Gasteiger partial charge in [0.15, 0.2) is 5.03 Å². The first-order valence-electron chi connectivity index (χ1n) is 5.08. The number of H-pyrrole nitrogens is 1. The van der Waals surface area contributed by atoms with Crippen molar-refractivity contribution in [2.45, 2.75) is 11.9 Å². The molecular formula is C10H10Br2N4O2S. The maximum absolute atomic E-state index is 12.1. The largest absolute Gasteiger partial charge is 0.399 e. The van der Waals surface area contributed by atoms with Crippen LogP contribution in [0.2, 0.25) is 0 Å². The van der Waals surface area contributed by atoms with Gasteiger partial charge in [0.25, 0.3) is 10.0 Å². The van der Waals surface area contributed by atoms with Crippen LogP contribution in [0, 0.1) is 6.92 Å². The number of nitrogen functional groups attached to an aromatic ring is 1. The van der Waals surface area contributed by atoms with Crippen LogP contribution in [-0.4, -0.2) is 18.4 Å². The van der Waals surface area contributed by atoms with E-state index in [2.05, 4.69) is 46.5 Å². The first-order chi connectivity index (χ1) is 8.79. The third kappa shape index (κ3) is 3.10. The van der Waals surface area contributed by atoms with Crippen LogP contribution >= 0.6 is 31.9 Å². The second kappa shape index (κ2) is 5.14. The highest BCUT2D eigenvalue weighted by Crippen LogP contribution is 2.34. The SMILES string of the molecule is Cc1ncc(S(=O)(=O)Nc2c(Br)cc(N)cc2Br)[nH]1. The van der Waals surface area contributed by atoms with Crippen LogP contribution < -0.4 is 10.5 Å². The highest BCUT2D eigenvalue weighted by atomic mass is 79.9. The molecule has 1 heterocycles. The summed E-state index contributed by atoms with van der Waals surface area (Å²) in [6.45, 7) is 1.67. The third-order valence-electron chi connectivity index (χ3n) is 2.27. The molecule has 1 aromatic heterocycles. The molecule has 0 atom stereocenters. The van der Waals surface area contributed by atoms with E-state index in [1.165, 1.54) is 6.20 Å². The molecule has 9 heteroatoms. The number of nitrogens with one attached hydrogen (secondary N) is 2. The fraction of sp³-hybridized carbons (Fsp3) is 0.100. The zero-order chi connectivity index (χ0) is 14.2. The van der Waals surface area contributed by atoms with Crippen LogP contribution in [0.25, 0.3) is 0 Å². The van der Waals surface area contributed by atoms with Crippen LogP contribution in [0.5, 0.6) is 0 Å². The second-order valence-electron chi connectivity index (χ2n) is 3.80. The van der Waals surface area contributed by atoms with Gasteiger partial charge < -0.3 is 10.7 Å². The Hall–Kier alpha value is -1.06. The Bertz CT molecular complexity index is 704. The standard InChI is InChI=1S/C10H10Br2N4O2S/c1-5-14-4-9(15-5)19(17,18)16-10-7(11)2-6(13)3-8(10)12/h2-4,16H,13H2,1H3,(H,14,15). The predicted molar refractivity (Wildman–Crippen MR) is 80.4 cm³/mol. The molecule has 1 aromatic carbocycles. The summed E-state index contributed by atoms with van der Waals surface area (Å²) < 4.78 is 27.8. The molecule has 0 aliphatic rings. The van der Waals surface area contributed by atoms with Crippen molar-refractivity contribution in [2.24, 2.45) is 0 Å². The number of hydrogen-bond acceptors (Lipinski definition) is 4. The molecule has 4 N–H and O–H groups in total. The number of anilines is 2. The van der Waals surface area contributed by atoms with E-state index >= 15 is 0 Å². The Labute approximate surface area is 127 Å². The van der Waals surface area contributed by atoms with Crippen molar-refractivity contribution in [2.75, 3.05) is 10.5 Å². The van der Waals surface area contributed by atoms with Crippen LogP contribution in [0.4, 0.5) is 11.4 Å². The summed E-state index contributed by atoms with van der Waals surface area (Å²) in [7, 11) is -3.72. The summed E-state index contributed by atoms with van der Waals surface area (Å²) >= 11 is 6.53. The lowest BCUT2D eigenvalue weighted by Gasteiger charge is -2.11. The summed E-state index contributed by atoms with van der Waals surface area (Å²) in [5, 5.41) is 0.000579. The van der Waals surface area contributed by atoms with E-state index in [0.717, 1.165) is 0 Å². The van der Waals surface area contributed by atoms with Crippen molar-refractivity contribution < 1.29 is 8.42 Å². The number of halogens is 2. The Balaban J connectivity index is 2.41. The third-order valence-corrected chi connectivity index (χ3v) is 4.78. The van der Waals surface area contributed by atoms with Gasteiger partial charge in [-0.25, -0.2) is 4.98 Å². The van der Waals surface area contributed by atoms with Gasteiger partial charge in [0, 0.05) is 14.6 Å². The minimum absolute atomic E-state index is 0.000579. The van der Waals surface area contributed by atoms with Crippen molar-refractivity contribution in [3.8, 4) is 0 Å². The van der Waals surface area contributed by atoms with Gasteiger partial charge in [0.1, 0.15) is 5.82 Å². The van der Waals surface area contributed by atoms with Crippen molar-refractivity contribution in [1.82, 2.24) is 9.97 Å². The summed E-state index contributed by atoms with van der Waals surface area (Å²) in [6, 6.07) is 3.22. The molecule has 102 valence electrons. The number of hydrogen-bond donors (Lipinski definition) is 3. The number of benzene rings is 1.